The Hall–Kier alpha value is -0.540. The standard InChI is InChI=1S/C18H26BrNO/c1-17(2)11-18(3,4)21-16-12(8-13(19)9-15(16)17)10-20(5)14-6-7-14/h8-9,14H,6-7,10-11H2,1-5H3. The van der Waals surface area contributed by atoms with Crippen molar-refractivity contribution in [2.45, 2.75) is 70.6 Å². The number of benzene rings is 1. The van der Waals surface area contributed by atoms with Crippen LogP contribution in [0, 0.1) is 0 Å². The van der Waals surface area contributed by atoms with Crippen molar-refractivity contribution in [1.29, 1.82) is 0 Å². The maximum absolute atomic E-state index is 6.39. The first-order chi connectivity index (χ1) is 9.68. The molecule has 3 heteroatoms. The summed E-state index contributed by atoms with van der Waals surface area (Å²) in [6.45, 7) is 10.0. The van der Waals surface area contributed by atoms with Crippen molar-refractivity contribution in [3.05, 3.63) is 27.7 Å². The van der Waals surface area contributed by atoms with Crippen molar-refractivity contribution in [3.8, 4) is 5.75 Å². The maximum Gasteiger partial charge on any atom is 0.128 e. The van der Waals surface area contributed by atoms with E-state index in [9.17, 15) is 0 Å². The monoisotopic (exact) mass is 351 g/mol. The first kappa shape index (κ1) is 15.4. The van der Waals surface area contributed by atoms with Crippen LogP contribution in [0.2, 0.25) is 0 Å². The molecule has 0 amide bonds. The number of halogens is 1. The smallest absolute Gasteiger partial charge is 0.128 e. The summed E-state index contributed by atoms with van der Waals surface area (Å²) in [7, 11) is 2.23. The lowest BCUT2D eigenvalue weighted by Crippen LogP contribution is -2.42. The molecule has 1 aromatic carbocycles. The number of rotatable bonds is 3. The average molecular weight is 352 g/mol. The Morgan fingerprint density at radius 3 is 2.52 bits per heavy atom. The Kier molecular flexibility index (Phi) is 3.65. The average Bonchev–Trinajstić information content (AvgIpc) is 3.12. The second kappa shape index (κ2) is 4.99. The van der Waals surface area contributed by atoms with Gasteiger partial charge in [0.15, 0.2) is 0 Å². The molecule has 1 aliphatic carbocycles. The molecule has 1 aliphatic heterocycles. The van der Waals surface area contributed by atoms with Gasteiger partial charge >= 0.3 is 0 Å². The third-order valence-corrected chi connectivity index (χ3v) is 5.15. The van der Waals surface area contributed by atoms with Crippen LogP contribution in [0.5, 0.6) is 5.75 Å². The van der Waals surface area contributed by atoms with E-state index in [0.717, 1.165) is 29.2 Å². The van der Waals surface area contributed by atoms with Crippen molar-refractivity contribution in [3.63, 3.8) is 0 Å². The van der Waals surface area contributed by atoms with Gasteiger partial charge in [-0.05, 0) is 57.7 Å². The molecule has 116 valence electrons. The molecule has 0 unspecified atom stereocenters. The number of nitrogens with zero attached hydrogens (tertiary/aromatic N) is 1. The van der Waals surface area contributed by atoms with Gasteiger partial charge in [-0.2, -0.15) is 0 Å². The van der Waals surface area contributed by atoms with Crippen LogP contribution in [-0.4, -0.2) is 23.6 Å². The van der Waals surface area contributed by atoms with Crippen LogP contribution in [0.1, 0.15) is 58.1 Å². The van der Waals surface area contributed by atoms with E-state index in [0.29, 0.717) is 0 Å². The zero-order valence-electron chi connectivity index (χ0n) is 13.8. The zero-order chi connectivity index (χ0) is 15.4. The molecule has 1 fully saturated rings. The van der Waals surface area contributed by atoms with E-state index in [1.165, 1.54) is 24.0 Å². The molecule has 0 N–H and O–H groups in total. The largest absolute Gasteiger partial charge is 0.487 e. The minimum Gasteiger partial charge on any atom is -0.487 e. The molecule has 0 spiro atoms. The van der Waals surface area contributed by atoms with Crippen LogP contribution in [0.3, 0.4) is 0 Å². The number of hydrogen-bond acceptors (Lipinski definition) is 2. The minimum atomic E-state index is -0.1000. The fourth-order valence-electron chi connectivity index (χ4n) is 3.78. The number of hydrogen-bond donors (Lipinski definition) is 0. The molecule has 0 atom stereocenters. The Bertz CT molecular complexity index is 561. The van der Waals surface area contributed by atoms with Crippen LogP contribution in [-0.2, 0) is 12.0 Å². The zero-order valence-corrected chi connectivity index (χ0v) is 15.4. The number of fused-ring (bicyclic) bond motifs is 1. The first-order valence-electron chi connectivity index (χ1n) is 7.90. The summed E-state index contributed by atoms with van der Waals surface area (Å²) in [6, 6.07) is 5.24. The van der Waals surface area contributed by atoms with Crippen molar-refractivity contribution in [2.75, 3.05) is 7.05 Å². The van der Waals surface area contributed by atoms with E-state index >= 15 is 0 Å². The van der Waals surface area contributed by atoms with Crippen molar-refractivity contribution >= 4 is 15.9 Å². The summed E-state index contributed by atoms with van der Waals surface area (Å²) in [5.74, 6) is 1.12. The van der Waals surface area contributed by atoms with Gasteiger partial charge in [0.05, 0.1) is 0 Å². The summed E-state index contributed by atoms with van der Waals surface area (Å²) in [5, 5.41) is 0. The summed E-state index contributed by atoms with van der Waals surface area (Å²) in [4.78, 5) is 2.46. The Labute approximate surface area is 137 Å². The van der Waals surface area contributed by atoms with E-state index < -0.39 is 0 Å². The summed E-state index contributed by atoms with van der Waals surface area (Å²) < 4.78 is 7.56. The SMILES string of the molecule is CN(Cc1cc(Br)cc2c1OC(C)(C)CC2(C)C)C1CC1. The van der Waals surface area contributed by atoms with Gasteiger partial charge in [0.2, 0.25) is 0 Å². The van der Waals surface area contributed by atoms with Crippen LogP contribution >= 0.6 is 15.9 Å². The molecule has 2 aliphatic rings. The molecular weight excluding hydrogens is 326 g/mol. The van der Waals surface area contributed by atoms with Crippen LogP contribution in [0.25, 0.3) is 0 Å². The second-order valence-electron chi connectivity index (χ2n) is 8.01. The molecule has 1 heterocycles. The van der Waals surface area contributed by atoms with E-state index in [2.05, 4.69) is 67.7 Å². The molecule has 0 radical (unpaired) electrons. The fourth-order valence-corrected chi connectivity index (χ4v) is 4.28. The molecule has 0 saturated heterocycles. The second-order valence-corrected chi connectivity index (χ2v) is 8.93. The van der Waals surface area contributed by atoms with Crippen LogP contribution in [0.4, 0.5) is 0 Å². The lowest BCUT2D eigenvalue weighted by molar-refractivity contribution is 0.0512. The molecule has 21 heavy (non-hydrogen) atoms. The molecule has 2 nitrogen and oxygen atoms in total. The third-order valence-electron chi connectivity index (χ3n) is 4.70. The Morgan fingerprint density at radius 1 is 1.24 bits per heavy atom. The molecule has 0 bridgehead atoms. The summed E-state index contributed by atoms with van der Waals surface area (Å²) >= 11 is 3.69. The van der Waals surface area contributed by atoms with E-state index in [1.807, 2.05) is 0 Å². The van der Waals surface area contributed by atoms with Gasteiger partial charge in [-0.1, -0.05) is 29.8 Å². The van der Waals surface area contributed by atoms with Gasteiger partial charge in [0, 0.05) is 28.2 Å². The van der Waals surface area contributed by atoms with Gasteiger partial charge in [0.25, 0.3) is 0 Å². The Morgan fingerprint density at radius 2 is 1.90 bits per heavy atom. The van der Waals surface area contributed by atoms with Gasteiger partial charge in [-0.15, -0.1) is 0 Å². The van der Waals surface area contributed by atoms with Crippen molar-refractivity contribution < 1.29 is 4.74 Å². The molecular formula is C18H26BrNO. The van der Waals surface area contributed by atoms with E-state index in [1.54, 1.807) is 0 Å². The minimum absolute atomic E-state index is 0.1000. The normalized spacial score (nSPS) is 22.8. The lowest BCUT2D eigenvalue weighted by atomic mass is 9.73. The predicted molar refractivity (Wildman–Crippen MR) is 91.0 cm³/mol. The fraction of sp³-hybridized carbons (Fsp3) is 0.667. The van der Waals surface area contributed by atoms with Crippen LogP contribution < -0.4 is 4.74 Å². The molecule has 3 rings (SSSR count). The highest BCUT2D eigenvalue weighted by Crippen LogP contribution is 2.47. The van der Waals surface area contributed by atoms with Gasteiger partial charge in [0.1, 0.15) is 11.4 Å². The summed E-state index contributed by atoms with van der Waals surface area (Å²) in [6.07, 6.45) is 3.72. The van der Waals surface area contributed by atoms with E-state index in [-0.39, 0.29) is 11.0 Å². The molecule has 0 aromatic heterocycles. The van der Waals surface area contributed by atoms with Crippen LogP contribution in [0.15, 0.2) is 16.6 Å². The maximum atomic E-state index is 6.39. The van der Waals surface area contributed by atoms with Gasteiger partial charge < -0.3 is 4.74 Å². The third kappa shape index (κ3) is 3.14. The summed E-state index contributed by atoms with van der Waals surface area (Å²) in [5.41, 5.74) is 2.70. The predicted octanol–water partition coefficient (Wildman–Crippen LogP) is 4.88. The Balaban J connectivity index is 2.03. The van der Waals surface area contributed by atoms with E-state index in [4.69, 9.17) is 4.74 Å². The molecule has 1 aromatic rings. The molecule has 1 saturated carbocycles. The van der Waals surface area contributed by atoms with Gasteiger partial charge in [-0.3, -0.25) is 4.90 Å². The highest BCUT2D eigenvalue weighted by Gasteiger charge is 2.40. The van der Waals surface area contributed by atoms with Crippen molar-refractivity contribution in [1.82, 2.24) is 4.90 Å². The van der Waals surface area contributed by atoms with Crippen molar-refractivity contribution in [2.24, 2.45) is 0 Å². The topological polar surface area (TPSA) is 12.5 Å². The van der Waals surface area contributed by atoms with Gasteiger partial charge in [-0.25, -0.2) is 0 Å². The lowest BCUT2D eigenvalue weighted by Gasteiger charge is -2.43. The number of ether oxygens (including phenoxy) is 1. The highest BCUT2D eigenvalue weighted by atomic mass is 79.9. The first-order valence-corrected chi connectivity index (χ1v) is 8.69. The highest BCUT2D eigenvalue weighted by molar-refractivity contribution is 9.10. The quantitative estimate of drug-likeness (QED) is 0.769.